The lowest BCUT2D eigenvalue weighted by Gasteiger charge is -2.31. The molecule has 2 unspecified atom stereocenters. The van der Waals surface area contributed by atoms with Crippen molar-refractivity contribution in [2.45, 2.75) is 32.4 Å². The third-order valence-electron chi connectivity index (χ3n) is 5.81. The van der Waals surface area contributed by atoms with Crippen LogP contribution in [0.5, 0.6) is 5.75 Å². The lowest BCUT2D eigenvalue weighted by atomic mass is 9.94. The van der Waals surface area contributed by atoms with E-state index >= 15 is 0 Å². The van der Waals surface area contributed by atoms with Crippen molar-refractivity contribution in [3.05, 3.63) is 99.9 Å². The minimum atomic E-state index is -0.567. The molecule has 2 aromatic carbocycles. The van der Waals surface area contributed by atoms with Gasteiger partial charge in [-0.25, -0.2) is 0 Å². The molecule has 0 saturated carbocycles. The summed E-state index contributed by atoms with van der Waals surface area (Å²) in [6, 6.07) is 16.5. The second kappa shape index (κ2) is 11.4. The van der Waals surface area contributed by atoms with Crippen LogP contribution in [-0.2, 0) is 11.2 Å². The Balaban J connectivity index is 1.86. The van der Waals surface area contributed by atoms with Crippen LogP contribution in [0.25, 0.3) is 0 Å². The number of likely N-dealkylation sites (N-methyl/N-ethyl adjacent to an activating group) is 1. The number of non-ortho nitro benzene ring substituents is 1. The van der Waals surface area contributed by atoms with E-state index in [2.05, 4.69) is 10.3 Å². The first kappa shape index (κ1) is 24.9. The van der Waals surface area contributed by atoms with Crippen molar-refractivity contribution < 1.29 is 14.8 Å². The Kier molecular flexibility index (Phi) is 8.32. The summed E-state index contributed by atoms with van der Waals surface area (Å²) < 4.78 is 0. The van der Waals surface area contributed by atoms with Crippen LogP contribution in [-0.4, -0.2) is 45.5 Å². The number of phenols is 1. The van der Waals surface area contributed by atoms with Crippen LogP contribution in [0.15, 0.2) is 73.1 Å². The lowest BCUT2D eigenvalue weighted by Crippen LogP contribution is -2.49. The van der Waals surface area contributed by atoms with Crippen molar-refractivity contribution in [1.82, 2.24) is 15.2 Å². The summed E-state index contributed by atoms with van der Waals surface area (Å²) >= 11 is 0. The molecular formula is C26H30N4O4. The Labute approximate surface area is 199 Å². The average Bonchev–Trinajstić information content (AvgIpc) is 2.84. The van der Waals surface area contributed by atoms with Crippen molar-refractivity contribution in [2.75, 3.05) is 13.6 Å². The van der Waals surface area contributed by atoms with Crippen LogP contribution in [0.3, 0.4) is 0 Å². The van der Waals surface area contributed by atoms with Gasteiger partial charge in [0.25, 0.3) is 5.69 Å². The van der Waals surface area contributed by atoms with E-state index in [0.717, 1.165) is 23.6 Å². The molecular weight excluding hydrogens is 432 g/mol. The van der Waals surface area contributed by atoms with E-state index in [-0.39, 0.29) is 23.3 Å². The van der Waals surface area contributed by atoms with Gasteiger partial charge in [0.15, 0.2) is 0 Å². The molecule has 0 saturated heterocycles. The number of hydrogen-bond donors (Lipinski definition) is 2. The quantitative estimate of drug-likeness (QED) is 0.347. The molecule has 34 heavy (non-hydrogen) atoms. The van der Waals surface area contributed by atoms with Gasteiger partial charge in [-0.1, -0.05) is 44.2 Å². The summed E-state index contributed by atoms with van der Waals surface area (Å²) in [6.45, 7) is 4.48. The first-order chi connectivity index (χ1) is 16.3. The third-order valence-corrected chi connectivity index (χ3v) is 5.81. The predicted molar refractivity (Wildman–Crippen MR) is 130 cm³/mol. The van der Waals surface area contributed by atoms with Crippen LogP contribution in [0, 0.1) is 16.0 Å². The smallest absolute Gasteiger partial charge is 0.273 e. The number of nitrogens with zero attached hydrogens (tertiary/aromatic N) is 3. The topological polar surface area (TPSA) is 109 Å². The zero-order valence-corrected chi connectivity index (χ0v) is 19.6. The van der Waals surface area contributed by atoms with Gasteiger partial charge in [-0.15, -0.1) is 0 Å². The van der Waals surface area contributed by atoms with Gasteiger partial charge in [0, 0.05) is 37.6 Å². The molecule has 0 bridgehead atoms. The van der Waals surface area contributed by atoms with Gasteiger partial charge in [-0.2, -0.15) is 0 Å². The molecule has 1 heterocycles. The second-order valence-corrected chi connectivity index (χ2v) is 8.60. The van der Waals surface area contributed by atoms with E-state index in [0.29, 0.717) is 12.1 Å². The first-order valence-corrected chi connectivity index (χ1v) is 11.2. The molecule has 0 fully saturated rings. The van der Waals surface area contributed by atoms with Gasteiger partial charge in [-0.3, -0.25) is 25.2 Å². The minimum absolute atomic E-state index is 0.0452. The normalized spacial score (nSPS) is 12.8. The number of aromatic nitrogens is 1. The fraction of sp³-hybridized carbons (Fsp3) is 0.308. The number of benzene rings is 2. The number of nitro benzene ring substituents is 1. The number of aromatic hydroxyl groups is 1. The zero-order chi connectivity index (χ0) is 24.7. The molecule has 3 rings (SSSR count). The average molecular weight is 463 g/mol. The van der Waals surface area contributed by atoms with E-state index < -0.39 is 17.0 Å². The van der Waals surface area contributed by atoms with Crippen LogP contribution in [0.4, 0.5) is 5.69 Å². The van der Waals surface area contributed by atoms with Crippen molar-refractivity contribution in [3.63, 3.8) is 0 Å². The van der Waals surface area contributed by atoms with Crippen LogP contribution < -0.4 is 5.32 Å². The highest BCUT2D eigenvalue weighted by molar-refractivity contribution is 5.82. The number of hydrogen-bond acceptors (Lipinski definition) is 6. The van der Waals surface area contributed by atoms with E-state index in [1.807, 2.05) is 44.2 Å². The number of carbonyl (C=O) groups is 1. The Hall–Kier alpha value is -3.78. The van der Waals surface area contributed by atoms with Gasteiger partial charge >= 0.3 is 0 Å². The maximum absolute atomic E-state index is 13.4. The number of pyridine rings is 1. The Morgan fingerprint density at radius 3 is 2.38 bits per heavy atom. The summed E-state index contributed by atoms with van der Waals surface area (Å²) in [4.78, 5) is 29.8. The summed E-state index contributed by atoms with van der Waals surface area (Å²) in [5, 5.41) is 25.2. The van der Waals surface area contributed by atoms with E-state index in [1.165, 1.54) is 12.1 Å². The molecule has 1 amide bonds. The van der Waals surface area contributed by atoms with Crippen molar-refractivity contribution in [2.24, 2.45) is 5.92 Å². The minimum Gasteiger partial charge on any atom is -0.507 e. The fourth-order valence-electron chi connectivity index (χ4n) is 3.83. The third kappa shape index (κ3) is 6.17. The van der Waals surface area contributed by atoms with Crippen LogP contribution >= 0.6 is 0 Å². The summed E-state index contributed by atoms with van der Waals surface area (Å²) in [6.07, 6.45) is 4.00. The molecule has 2 N–H and O–H groups in total. The number of nitrogens with one attached hydrogen (secondary N) is 1. The Bertz CT molecular complexity index is 1110. The van der Waals surface area contributed by atoms with Crippen LogP contribution in [0.1, 0.15) is 36.6 Å². The number of amides is 1. The van der Waals surface area contributed by atoms with E-state index in [1.54, 1.807) is 36.5 Å². The van der Waals surface area contributed by atoms with Gasteiger partial charge in [0.05, 0.1) is 23.1 Å². The van der Waals surface area contributed by atoms with E-state index in [9.17, 15) is 20.0 Å². The van der Waals surface area contributed by atoms with Crippen molar-refractivity contribution in [1.29, 1.82) is 0 Å². The Morgan fingerprint density at radius 1 is 1.12 bits per heavy atom. The summed E-state index contributed by atoms with van der Waals surface area (Å²) in [5.74, 6) is -0.321. The molecule has 178 valence electrons. The number of phenolic OH excluding ortho intramolecular Hbond substituents is 1. The van der Waals surface area contributed by atoms with Crippen LogP contribution in [0.2, 0.25) is 0 Å². The molecule has 0 aliphatic rings. The van der Waals surface area contributed by atoms with Gasteiger partial charge in [0.1, 0.15) is 5.75 Å². The van der Waals surface area contributed by atoms with Gasteiger partial charge < -0.3 is 10.0 Å². The SMILES string of the molecule is CC(C)C(NC(c1ccncc1)c1ccc([N+](=O)[O-])cc1O)C(=O)N(C)CCc1ccccc1. The maximum Gasteiger partial charge on any atom is 0.273 e. The number of carbonyl (C=O) groups excluding carboxylic acids is 1. The lowest BCUT2D eigenvalue weighted by molar-refractivity contribution is -0.384. The highest BCUT2D eigenvalue weighted by Crippen LogP contribution is 2.33. The monoisotopic (exact) mass is 462 g/mol. The molecule has 8 heteroatoms. The number of nitro groups is 1. The van der Waals surface area contributed by atoms with Gasteiger partial charge in [-0.05, 0) is 41.7 Å². The predicted octanol–water partition coefficient (Wildman–Crippen LogP) is 4.10. The molecule has 0 radical (unpaired) electrons. The Morgan fingerprint density at radius 2 is 1.79 bits per heavy atom. The first-order valence-electron chi connectivity index (χ1n) is 11.2. The second-order valence-electron chi connectivity index (χ2n) is 8.60. The molecule has 3 aromatic rings. The summed E-state index contributed by atoms with van der Waals surface area (Å²) in [7, 11) is 1.78. The zero-order valence-electron chi connectivity index (χ0n) is 19.6. The molecule has 0 spiro atoms. The number of rotatable bonds is 10. The molecule has 0 aliphatic carbocycles. The highest BCUT2D eigenvalue weighted by Gasteiger charge is 2.30. The van der Waals surface area contributed by atoms with E-state index in [4.69, 9.17) is 0 Å². The van der Waals surface area contributed by atoms with Gasteiger partial charge in [0.2, 0.25) is 5.91 Å². The molecule has 2 atom stereocenters. The summed E-state index contributed by atoms with van der Waals surface area (Å²) in [5.41, 5.74) is 2.18. The largest absolute Gasteiger partial charge is 0.507 e. The van der Waals surface area contributed by atoms with Crippen molar-refractivity contribution >= 4 is 11.6 Å². The van der Waals surface area contributed by atoms with Crippen molar-refractivity contribution in [3.8, 4) is 5.75 Å². The standard InChI is InChI=1S/C26H30N4O4/c1-18(2)24(26(32)29(3)16-13-19-7-5-4-6-8-19)28-25(20-11-14-27-15-12-20)22-10-9-21(30(33)34)17-23(22)31/h4-12,14-15,17-18,24-25,28,31H,13,16H2,1-3H3. The fourth-order valence-corrected chi connectivity index (χ4v) is 3.83. The maximum atomic E-state index is 13.4. The molecule has 8 nitrogen and oxygen atoms in total. The molecule has 1 aromatic heterocycles. The molecule has 0 aliphatic heterocycles. The highest BCUT2D eigenvalue weighted by atomic mass is 16.6.